The highest BCUT2D eigenvalue weighted by Crippen LogP contribution is 2.39. The molecule has 0 spiro atoms. The average Bonchev–Trinajstić information content (AvgIpc) is 3.17. The van der Waals surface area contributed by atoms with Crippen molar-refractivity contribution in [3.8, 4) is 0 Å². The highest BCUT2D eigenvalue weighted by molar-refractivity contribution is 7.10. The van der Waals surface area contributed by atoms with Crippen molar-refractivity contribution in [3.05, 3.63) is 57.4 Å². The van der Waals surface area contributed by atoms with Crippen molar-refractivity contribution in [2.45, 2.75) is 57.4 Å². The van der Waals surface area contributed by atoms with E-state index in [1.165, 1.54) is 44.2 Å². The van der Waals surface area contributed by atoms with E-state index in [1.54, 1.807) is 17.4 Å². The smallest absolute Gasteiger partial charge is 0.319 e. The lowest BCUT2D eigenvalue weighted by Crippen LogP contribution is -2.43. The molecule has 27 heavy (non-hydrogen) atoms. The second kappa shape index (κ2) is 7.80. The molecule has 1 saturated carbocycles. The van der Waals surface area contributed by atoms with Crippen LogP contribution in [0.2, 0.25) is 0 Å². The van der Waals surface area contributed by atoms with Gasteiger partial charge >= 0.3 is 6.03 Å². The fraction of sp³-hybridized carbons (Fsp3) is 0.429. The summed E-state index contributed by atoms with van der Waals surface area (Å²) in [4.78, 5) is 17.1. The SMILES string of the molecule is CCC1=C(c2nc(C3CCCCC3)cs2)C(c2cccc(F)c2)NC(=O)N1. The normalized spacial score (nSPS) is 21.1. The van der Waals surface area contributed by atoms with Crippen LogP contribution in [-0.2, 0) is 0 Å². The minimum absolute atomic E-state index is 0.256. The number of hydrogen-bond donors (Lipinski definition) is 2. The molecule has 4 nitrogen and oxygen atoms in total. The summed E-state index contributed by atoms with van der Waals surface area (Å²) in [5, 5.41) is 8.94. The summed E-state index contributed by atoms with van der Waals surface area (Å²) in [5.41, 5.74) is 3.71. The summed E-state index contributed by atoms with van der Waals surface area (Å²) in [6.45, 7) is 2.01. The number of allylic oxidation sites excluding steroid dienone is 1. The van der Waals surface area contributed by atoms with Crippen LogP contribution in [0.5, 0.6) is 0 Å². The molecule has 1 aliphatic carbocycles. The van der Waals surface area contributed by atoms with E-state index in [1.807, 2.05) is 13.0 Å². The number of thiazole rings is 1. The standard InChI is InChI=1S/C21H24FN3OS/c1-2-16-18(20-23-17(12-27-20)13-7-4-3-5-8-13)19(25-21(26)24-16)14-9-6-10-15(22)11-14/h6,9-13,19H,2-5,7-8H2,1H3,(H2,24,25,26). The lowest BCUT2D eigenvalue weighted by Gasteiger charge is -2.29. The zero-order valence-electron chi connectivity index (χ0n) is 15.4. The van der Waals surface area contributed by atoms with Gasteiger partial charge in [0.15, 0.2) is 0 Å². The van der Waals surface area contributed by atoms with Gasteiger partial charge in [-0.25, -0.2) is 14.2 Å². The Morgan fingerprint density at radius 3 is 2.81 bits per heavy atom. The molecule has 1 unspecified atom stereocenters. The van der Waals surface area contributed by atoms with Gasteiger partial charge in [0.2, 0.25) is 0 Å². The number of aromatic nitrogens is 1. The molecule has 0 bridgehead atoms. The molecule has 1 aliphatic heterocycles. The maximum atomic E-state index is 13.8. The van der Waals surface area contributed by atoms with E-state index in [0.717, 1.165) is 27.5 Å². The molecule has 2 aromatic rings. The van der Waals surface area contributed by atoms with Gasteiger partial charge in [0.1, 0.15) is 10.8 Å². The van der Waals surface area contributed by atoms with Crippen molar-refractivity contribution in [2.75, 3.05) is 0 Å². The number of benzene rings is 1. The largest absolute Gasteiger partial charge is 0.327 e. The van der Waals surface area contributed by atoms with E-state index >= 15 is 0 Å². The molecule has 1 aromatic heterocycles. The number of carbonyl (C=O) groups is 1. The van der Waals surface area contributed by atoms with E-state index in [0.29, 0.717) is 12.3 Å². The molecule has 2 N–H and O–H groups in total. The van der Waals surface area contributed by atoms with Crippen LogP contribution in [-0.4, -0.2) is 11.0 Å². The van der Waals surface area contributed by atoms with Crippen LogP contribution in [0.1, 0.15) is 73.7 Å². The second-order valence-electron chi connectivity index (χ2n) is 7.24. The fourth-order valence-electron chi connectivity index (χ4n) is 4.08. The summed E-state index contributed by atoms with van der Waals surface area (Å²) in [5.74, 6) is 0.230. The summed E-state index contributed by atoms with van der Waals surface area (Å²) in [6.07, 6.45) is 6.94. The van der Waals surface area contributed by atoms with Crippen LogP contribution in [0.3, 0.4) is 0 Å². The zero-order valence-corrected chi connectivity index (χ0v) is 16.2. The lowest BCUT2D eigenvalue weighted by atomic mass is 9.87. The van der Waals surface area contributed by atoms with Crippen LogP contribution in [0.25, 0.3) is 5.57 Å². The van der Waals surface area contributed by atoms with Crippen molar-refractivity contribution in [1.29, 1.82) is 0 Å². The number of carbonyl (C=O) groups excluding carboxylic acids is 1. The molecule has 6 heteroatoms. The van der Waals surface area contributed by atoms with Crippen molar-refractivity contribution >= 4 is 22.9 Å². The van der Waals surface area contributed by atoms with Crippen LogP contribution >= 0.6 is 11.3 Å². The monoisotopic (exact) mass is 385 g/mol. The first-order valence-corrected chi connectivity index (χ1v) is 10.6. The molecule has 142 valence electrons. The fourth-order valence-corrected chi connectivity index (χ4v) is 5.08. The third-order valence-electron chi connectivity index (χ3n) is 5.47. The molecule has 1 aromatic carbocycles. The van der Waals surface area contributed by atoms with Gasteiger partial charge in [-0.15, -0.1) is 11.3 Å². The number of amides is 2. The number of halogens is 1. The lowest BCUT2D eigenvalue weighted by molar-refractivity contribution is 0.240. The van der Waals surface area contributed by atoms with E-state index in [-0.39, 0.29) is 11.8 Å². The summed E-state index contributed by atoms with van der Waals surface area (Å²) in [6, 6.07) is 5.78. The average molecular weight is 386 g/mol. The van der Waals surface area contributed by atoms with Gasteiger partial charge in [-0.3, -0.25) is 0 Å². The Hall–Kier alpha value is -2.21. The van der Waals surface area contributed by atoms with Crippen molar-refractivity contribution in [2.24, 2.45) is 0 Å². The van der Waals surface area contributed by atoms with Gasteiger partial charge in [-0.05, 0) is 37.0 Å². The number of rotatable bonds is 4. The predicted octanol–water partition coefficient (Wildman–Crippen LogP) is 5.51. The van der Waals surface area contributed by atoms with Crippen LogP contribution in [0.4, 0.5) is 9.18 Å². The van der Waals surface area contributed by atoms with E-state index in [9.17, 15) is 9.18 Å². The summed E-state index contributed by atoms with van der Waals surface area (Å²) >= 11 is 1.62. The highest BCUT2D eigenvalue weighted by Gasteiger charge is 2.31. The highest BCUT2D eigenvalue weighted by atomic mass is 32.1. The molecule has 2 aliphatic rings. The third kappa shape index (κ3) is 3.76. The first-order chi connectivity index (χ1) is 13.2. The maximum absolute atomic E-state index is 13.8. The molecule has 2 amide bonds. The molecule has 2 heterocycles. The van der Waals surface area contributed by atoms with Crippen molar-refractivity contribution in [3.63, 3.8) is 0 Å². The van der Waals surface area contributed by atoms with Crippen LogP contribution < -0.4 is 10.6 Å². The predicted molar refractivity (Wildman–Crippen MR) is 106 cm³/mol. The van der Waals surface area contributed by atoms with Gasteiger partial charge in [-0.1, -0.05) is 38.3 Å². The second-order valence-corrected chi connectivity index (χ2v) is 8.10. The summed E-state index contributed by atoms with van der Waals surface area (Å²) in [7, 11) is 0. The van der Waals surface area contributed by atoms with Crippen molar-refractivity contribution < 1.29 is 9.18 Å². The first-order valence-electron chi connectivity index (χ1n) is 9.67. The molecule has 0 saturated heterocycles. The molecule has 0 radical (unpaired) electrons. The summed E-state index contributed by atoms with van der Waals surface area (Å²) < 4.78 is 13.8. The van der Waals surface area contributed by atoms with Gasteiger partial charge in [0.25, 0.3) is 0 Å². The van der Waals surface area contributed by atoms with E-state index < -0.39 is 6.04 Å². The Morgan fingerprint density at radius 1 is 1.26 bits per heavy atom. The zero-order chi connectivity index (χ0) is 18.8. The molecular weight excluding hydrogens is 361 g/mol. The number of nitrogens with zero attached hydrogens (tertiary/aromatic N) is 1. The third-order valence-corrected chi connectivity index (χ3v) is 6.36. The Balaban J connectivity index is 1.74. The molecule has 1 fully saturated rings. The van der Waals surface area contributed by atoms with E-state index in [4.69, 9.17) is 4.98 Å². The van der Waals surface area contributed by atoms with Gasteiger partial charge in [0, 0.05) is 22.6 Å². The number of urea groups is 1. The Kier molecular flexibility index (Phi) is 5.25. The van der Waals surface area contributed by atoms with Crippen LogP contribution in [0.15, 0.2) is 35.3 Å². The topological polar surface area (TPSA) is 54.0 Å². The maximum Gasteiger partial charge on any atom is 0.319 e. The minimum Gasteiger partial charge on any atom is -0.327 e. The van der Waals surface area contributed by atoms with Crippen molar-refractivity contribution in [1.82, 2.24) is 15.6 Å². The minimum atomic E-state index is -0.394. The van der Waals surface area contributed by atoms with Gasteiger partial charge in [0.05, 0.1) is 11.7 Å². The number of hydrogen-bond acceptors (Lipinski definition) is 3. The Morgan fingerprint density at radius 2 is 2.07 bits per heavy atom. The Labute approximate surface area is 162 Å². The van der Waals surface area contributed by atoms with Gasteiger partial charge in [-0.2, -0.15) is 0 Å². The molecule has 1 atom stereocenters. The molecular formula is C21H24FN3OS. The first kappa shape index (κ1) is 18.2. The van der Waals surface area contributed by atoms with Crippen LogP contribution in [0, 0.1) is 5.82 Å². The number of nitrogens with one attached hydrogen (secondary N) is 2. The van der Waals surface area contributed by atoms with E-state index in [2.05, 4.69) is 16.0 Å². The quantitative estimate of drug-likeness (QED) is 0.730. The Bertz CT molecular complexity index is 870. The molecule has 4 rings (SSSR count). The van der Waals surface area contributed by atoms with Gasteiger partial charge < -0.3 is 10.6 Å².